The third-order valence-corrected chi connectivity index (χ3v) is 7.77. The number of nitrogens with one attached hydrogen (secondary N) is 1. The smallest absolute Gasteiger partial charge is 0.422 e. The number of benzene rings is 1. The van der Waals surface area contributed by atoms with E-state index in [9.17, 15) is 30.8 Å². The molecule has 0 spiro atoms. The number of amides is 1. The quantitative estimate of drug-likeness (QED) is 0.381. The van der Waals surface area contributed by atoms with Crippen LogP contribution in [0, 0.1) is 11.7 Å². The Morgan fingerprint density at radius 2 is 1.87 bits per heavy atom. The van der Waals surface area contributed by atoms with Crippen LogP contribution in [0.4, 0.5) is 17.6 Å². The van der Waals surface area contributed by atoms with Crippen LogP contribution in [0.2, 0.25) is 5.02 Å². The number of nitrogens with zero attached hydrogens (tertiary/aromatic N) is 2. The fourth-order valence-electron chi connectivity index (χ4n) is 4.88. The van der Waals surface area contributed by atoms with Gasteiger partial charge in [0, 0.05) is 12.7 Å². The molecule has 0 unspecified atom stereocenters. The Morgan fingerprint density at radius 1 is 1.18 bits per heavy atom. The first-order valence-electron chi connectivity index (χ1n) is 12.7. The van der Waals surface area contributed by atoms with E-state index in [-0.39, 0.29) is 22.4 Å². The van der Waals surface area contributed by atoms with Gasteiger partial charge in [0.15, 0.2) is 6.61 Å². The van der Waals surface area contributed by atoms with E-state index in [1.807, 2.05) is 4.72 Å². The number of carbonyl (C=O) groups is 1. The van der Waals surface area contributed by atoms with Crippen LogP contribution in [-0.4, -0.2) is 56.3 Å². The van der Waals surface area contributed by atoms with Gasteiger partial charge in [-0.05, 0) is 98.3 Å². The molecule has 2 aliphatic rings. The van der Waals surface area contributed by atoms with Crippen LogP contribution in [0.25, 0.3) is 0 Å². The molecule has 1 aliphatic heterocycles. The van der Waals surface area contributed by atoms with Crippen LogP contribution >= 0.6 is 11.6 Å². The van der Waals surface area contributed by atoms with E-state index >= 15 is 0 Å². The zero-order chi connectivity index (χ0) is 28.4. The summed E-state index contributed by atoms with van der Waals surface area (Å²) in [6.45, 7) is 0.753. The second-order valence-corrected chi connectivity index (χ2v) is 12.5. The van der Waals surface area contributed by atoms with E-state index in [0.29, 0.717) is 18.9 Å². The molecule has 2 aromatic rings. The maximum Gasteiger partial charge on any atom is 0.422 e. The van der Waals surface area contributed by atoms with Gasteiger partial charge in [-0.25, -0.2) is 22.5 Å². The molecule has 7 nitrogen and oxygen atoms in total. The van der Waals surface area contributed by atoms with Gasteiger partial charge in [0.1, 0.15) is 10.8 Å². The number of aryl methyl sites for hydroxylation is 1. The van der Waals surface area contributed by atoms with Gasteiger partial charge in [-0.2, -0.15) is 13.2 Å². The molecule has 1 N–H and O–H groups in total. The van der Waals surface area contributed by atoms with Crippen molar-refractivity contribution in [3.63, 3.8) is 0 Å². The fraction of sp³-hybridized carbons (Fsp3) is 0.538. The molecule has 0 radical (unpaired) electrons. The highest BCUT2D eigenvalue weighted by Gasteiger charge is 2.30. The highest BCUT2D eigenvalue weighted by Crippen LogP contribution is 2.43. The van der Waals surface area contributed by atoms with Gasteiger partial charge in [-0.15, -0.1) is 0 Å². The Morgan fingerprint density at radius 3 is 2.46 bits per heavy atom. The van der Waals surface area contributed by atoms with E-state index < -0.39 is 34.5 Å². The number of halogens is 5. The first-order chi connectivity index (χ1) is 18.3. The molecule has 1 amide bonds. The molecule has 13 heteroatoms. The predicted octanol–water partition coefficient (Wildman–Crippen LogP) is 5.23. The number of carbonyl (C=O) groups excluding carboxylic acids is 1. The van der Waals surface area contributed by atoms with E-state index in [4.69, 9.17) is 11.6 Å². The summed E-state index contributed by atoms with van der Waals surface area (Å²) in [4.78, 5) is 18.4. The van der Waals surface area contributed by atoms with Crippen LogP contribution < -0.4 is 9.46 Å². The molecule has 0 bridgehead atoms. The minimum atomic E-state index is -4.47. The highest BCUT2D eigenvalue weighted by molar-refractivity contribution is 7.89. The lowest BCUT2D eigenvalue weighted by molar-refractivity contribution is -0.154. The maximum atomic E-state index is 14.8. The van der Waals surface area contributed by atoms with Gasteiger partial charge >= 0.3 is 6.18 Å². The van der Waals surface area contributed by atoms with Crippen molar-refractivity contribution in [3.8, 4) is 5.88 Å². The summed E-state index contributed by atoms with van der Waals surface area (Å²) in [6, 6.07) is 4.45. The van der Waals surface area contributed by atoms with Gasteiger partial charge in [0.05, 0.1) is 11.8 Å². The van der Waals surface area contributed by atoms with Crippen LogP contribution in [0.1, 0.15) is 65.1 Å². The molecule has 1 saturated carbocycles. The molecule has 1 saturated heterocycles. The standard InChI is InChI=1S/C26H30ClF4N3O4S/c1-39(36,37)33-24(35)21-12-20(18-4-5-18)19(11-23(21)28)3-2-16-6-8-34(9-7-16)14-17-10-22(27)25(32-13-17)38-15-26(29,30)31/h10-13,16,18H,2-9,14-15H2,1H3,(H,33,35). The second-order valence-electron chi connectivity index (χ2n) is 10.3. The number of pyridine rings is 1. The SMILES string of the molecule is CS(=O)(=O)NC(=O)c1cc(C2CC2)c(CCC2CCN(Cc3cnc(OCC(F)(F)F)c(Cl)c3)CC2)cc1F. The molecule has 1 aromatic carbocycles. The number of ether oxygens (including phenoxy) is 1. The van der Waals surface area contributed by atoms with E-state index in [0.717, 1.165) is 68.1 Å². The van der Waals surface area contributed by atoms with Crippen LogP contribution in [0.3, 0.4) is 0 Å². The minimum absolute atomic E-state index is 0.0325. The average Bonchev–Trinajstić information content (AvgIpc) is 3.67. The molecule has 4 rings (SSSR count). The van der Waals surface area contributed by atoms with Crippen molar-refractivity contribution in [2.24, 2.45) is 5.92 Å². The molecular weight excluding hydrogens is 562 g/mol. The normalized spacial score (nSPS) is 17.3. The zero-order valence-corrected chi connectivity index (χ0v) is 22.9. The maximum absolute atomic E-state index is 14.8. The second kappa shape index (κ2) is 12.0. The molecule has 214 valence electrons. The van der Waals surface area contributed by atoms with Crippen LogP contribution in [0.5, 0.6) is 5.88 Å². The lowest BCUT2D eigenvalue weighted by Gasteiger charge is -2.32. The number of sulfonamides is 1. The Balaban J connectivity index is 1.30. The number of likely N-dealkylation sites (tertiary alicyclic amines) is 1. The average molecular weight is 592 g/mol. The largest absolute Gasteiger partial charge is 0.467 e. The van der Waals surface area contributed by atoms with Gasteiger partial charge in [0.25, 0.3) is 5.91 Å². The summed E-state index contributed by atoms with van der Waals surface area (Å²) in [5.74, 6) is -1.24. The molecule has 1 aromatic heterocycles. The first kappa shape index (κ1) is 29.5. The topological polar surface area (TPSA) is 88.6 Å². The van der Waals surface area contributed by atoms with E-state index in [2.05, 4.69) is 14.6 Å². The molecule has 1 aliphatic carbocycles. The summed E-state index contributed by atoms with van der Waals surface area (Å²) >= 11 is 6.06. The van der Waals surface area contributed by atoms with E-state index in [1.165, 1.54) is 18.3 Å². The van der Waals surface area contributed by atoms with Crippen molar-refractivity contribution in [2.45, 2.75) is 57.2 Å². The van der Waals surface area contributed by atoms with Crippen molar-refractivity contribution in [2.75, 3.05) is 26.0 Å². The van der Waals surface area contributed by atoms with Crippen LogP contribution in [0.15, 0.2) is 24.4 Å². The lowest BCUT2D eigenvalue weighted by atomic mass is 9.88. The molecular formula is C26H30ClF4N3O4S. The Kier molecular flexibility index (Phi) is 9.07. The van der Waals surface area contributed by atoms with Crippen molar-refractivity contribution in [1.82, 2.24) is 14.6 Å². The number of piperidine rings is 1. The first-order valence-corrected chi connectivity index (χ1v) is 14.9. The van der Waals surface area contributed by atoms with Gasteiger partial charge in [-0.3, -0.25) is 9.69 Å². The lowest BCUT2D eigenvalue weighted by Crippen LogP contribution is -2.33. The third kappa shape index (κ3) is 8.77. The highest BCUT2D eigenvalue weighted by atomic mass is 35.5. The number of rotatable bonds is 10. The number of hydrogen-bond acceptors (Lipinski definition) is 6. The fourth-order valence-corrected chi connectivity index (χ4v) is 5.57. The number of aromatic nitrogens is 1. The van der Waals surface area contributed by atoms with E-state index in [1.54, 1.807) is 6.07 Å². The Bertz CT molecular complexity index is 1310. The van der Waals surface area contributed by atoms with Gasteiger partial charge in [-0.1, -0.05) is 11.6 Å². The van der Waals surface area contributed by atoms with Crippen LogP contribution in [-0.2, 0) is 23.0 Å². The number of alkyl halides is 3. The molecule has 39 heavy (non-hydrogen) atoms. The van der Waals surface area contributed by atoms with Crippen molar-refractivity contribution in [1.29, 1.82) is 0 Å². The van der Waals surface area contributed by atoms with Crippen molar-refractivity contribution in [3.05, 3.63) is 57.5 Å². The molecule has 0 atom stereocenters. The van der Waals surface area contributed by atoms with Crippen molar-refractivity contribution < 1.29 is 35.5 Å². The summed E-state index contributed by atoms with van der Waals surface area (Å²) in [6.07, 6.45) is 3.16. The Hall–Kier alpha value is -2.44. The third-order valence-electron chi connectivity index (χ3n) is 6.94. The monoisotopic (exact) mass is 591 g/mol. The molecule has 2 heterocycles. The zero-order valence-electron chi connectivity index (χ0n) is 21.4. The van der Waals surface area contributed by atoms with Gasteiger partial charge in [0.2, 0.25) is 15.9 Å². The predicted molar refractivity (Wildman–Crippen MR) is 138 cm³/mol. The summed E-state index contributed by atoms with van der Waals surface area (Å²) in [5.41, 5.74) is 2.30. The van der Waals surface area contributed by atoms with Gasteiger partial charge < -0.3 is 4.74 Å². The Labute approximate surface area is 229 Å². The van der Waals surface area contributed by atoms with Crippen molar-refractivity contribution >= 4 is 27.5 Å². The summed E-state index contributed by atoms with van der Waals surface area (Å²) in [5, 5.41) is 0.0325. The summed E-state index contributed by atoms with van der Waals surface area (Å²) < 4.78 is 81.2. The summed E-state index contributed by atoms with van der Waals surface area (Å²) in [7, 11) is -3.80. The molecule has 2 fully saturated rings. The number of hydrogen-bond donors (Lipinski definition) is 1. The minimum Gasteiger partial charge on any atom is -0.467 e.